The average molecular weight is 1400 g/mol. The van der Waals surface area contributed by atoms with Crippen LogP contribution in [0.3, 0.4) is 0 Å². The Hall–Kier alpha value is -10.8. The number of benzene rings is 10. The Morgan fingerprint density at radius 2 is 0.701 bits per heavy atom. The van der Waals surface area contributed by atoms with E-state index in [1.54, 1.807) is 0 Å². The molecule has 0 radical (unpaired) electrons. The van der Waals surface area contributed by atoms with Gasteiger partial charge in [-0.15, -0.1) is 0 Å². The molecule has 3 aliphatic rings. The van der Waals surface area contributed by atoms with Gasteiger partial charge in [-0.1, -0.05) is 289 Å². The molecular formula is C97H94BN9. The highest BCUT2D eigenvalue weighted by atomic mass is 15.1. The summed E-state index contributed by atoms with van der Waals surface area (Å²) >= 11 is 0. The first-order valence-corrected chi connectivity index (χ1v) is 38.4. The number of hydrogen-bond acceptors (Lipinski definition) is 6. The van der Waals surface area contributed by atoms with Gasteiger partial charge in [-0.2, -0.15) is 0 Å². The Morgan fingerprint density at radius 1 is 0.336 bits per heavy atom. The molecular weight excluding hydrogens is 1300 g/mol. The summed E-state index contributed by atoms with van der Waals surface area (Å²) in [5, 5.41) is 5.90. The van der Waals surface area contributed by atoms with E-state index in [1.165, 1.54) is 93.7 Å². The Labute approximate surface area is 630 Å². The summed E-state index contributed by atoms with van der Waals surface area (Å²) in [6, 6.07) is 73.3. The van der Waals surface area contributed by atoms with Crippen molar-refractivity contribution in [1.82, 2.24) is 43.6 Å². The molecule has 0 spiro atoms. The van der Waals surface area contributed by atoms with Gasteiger partial charge in [0.1, 0.15) is 0 Å². The molecule has 1 atom stereocenters. The molecule has 10 heteroatoms. The molecule has 0 N–H and O–H groups in total. The predicted molar refractivity (Wildman–Crippen MR) is 450 cm³/mol. The monoisotopic (exact) mass is 1400 g/mol. The van der Waals surface area contributed by atoms with Gasteiger partial charge in [0.25, 0.3) is 6.71 Å². The first-order valence-electron chi connectivity index (χ1n) is 38.4. The Bertz CT molecular complexity index is 6030. The van der Waals surface area contributed by atoms with Crippen LogP contribution in [-0.4, -0.2) is 50.3 Å². The lowest BCUT2D eigenvalue weighted by molar-refractivity contribution is 0.590. The van der Waals surface area contributed by atoms with Crippen molar-refractivity contribution in [2.24, 2.45) is 0 Å². The summed E-state index contributed by atoms with van der Waals surface area (Å²) in [7, 11) is 0. The van der Waals surface area contributed by atoms with Gasteiger partial charge in [-0.3, -0.25) is 0 Å². The van der Waals surface area contributed by atoms with Gasteiger partial charge in [0.05, 0.1) is 33.4 Å². The highest BCUT2D eigenvalue weighted by Crippen LogP contribution is 2.49. The fourth-order valence-electron chi connectivity index (χ4n) is 17.3. The molecule has 0 saturated carbocycles. The van der Waals surface area contributed by atoms with Crippen LogP contribution in [0.2, 0.25) is 0 Å². The number of fused-ring (bicyclic) bond motifs is 13. The van der Waals surface area contributed by atoms with E-state index < -0.39 is 0 Å². The molecule has 530 valence electrons. The number of nitrogens with zero attached hydrogens (tertiary/aromatic N) is 9. The molecule has 7 heterocycles. The molecule has 0 bridgehead atoms. The van der Waals surface area contributed by atoms with Crippen LogP contribution in [0.4, 0.5) is 0 Å². The molecule has 0 unspecified atom stereocenters. The minimum Gasteiger partial charge on any atom is -0.311 e. The second-order valence-electron chi connectivity index (χ2n) is 36.9. The van der Waals surface area contributed by atoms with E-state index in [-0.39, 0.29) is 45.1 Å². The topological polar surface area (TPSA) is 92.1 Å². The number of rotatable bonds is 7. The van der Waals surface area contributed by atoms with Gasteiger partial charge in [0, 0.05) is 77.2 Å². The number of hydrogen-bond donors (Lipinski definition) is 0. The molecule has 107 heavy (non-hydrogen) atoms. The predicted octanol–water partition coefficient (Wildman–Crippen LogP) is 22.6. The lowest BCUT2D eigenvalue weighted by Gasteiger charge is -2.35. The summed E-state index contributed by atoms with van der Waals surface area (Å²) < 4.78 is 7.86. The summed E-state index contributed by atoms with van der Waals surface area (Å²) in [5.74, 6) is 3.99. The van der Waals surface area contributed by atoms with Crippen molar-refractivity contribution >= 4 is 83.7 Å². The van der Waals surface area contributed by atoms with Crippen LogP contribution in [0.1, 0.15) is 189 Å². The second-order valence-corrected chi connectivity index (χ2v) is 36.9. The Kier molecular flexibility index (Phi) is 15.0. The van der Waals surface area contributed by atoms with Gasteiger partial charge in [0.2, 0.25) is 0 Å². The molecule has 9 nitrogen and oxygen atoms in total. The van der Waals surface area contributed by atoms with Gasteiger partial charge in [0.15, 0.2) is 34.9 Å². The largest absolute Gasteiger partial charge is 0.311 e. The minimum atomic E-state index is -0.250. The highest BCUT2D eigenvalue weighted by molar-refractivity contribution is 7.00. The molecule has 1 aliphatic carbocycles. The smallest absolute Gasteiger partial charge is 0.252 e. The van der Waals surface area contributed by atoms with Crippen LogP contribution in [0.5, 0.6) is 0 Å². The molecule has 0 amide bonds. The van der Waals surface area contributed by atoms with Crippen molar-refractivity contribution in [2.75, 3.05) is 0 Å². The van der Waals surface area contributed by atoms with E-state index in [2.05, 4.69) is 352 Å². The first-order chi connectivity index (χ1) is 50.8. The second kappa shape index (κ2) is 23.6. The zero-order chi connectivity index (χ0) is 74.7. The third kappa shape index (κ3) is 10.9. The summed E-state index contributed by atoms with van der Waals surface area (Å²) in [5.41, 5.74) is 28.4. The zero-order valence-corrected chi connectivity index (χ0v) is 65.5. The van der Waals surface area contributed by atoms with Gasteiger partial charge in [-0.05, 0) is 149 Å². The van der Waals surface area contributed by atoms with E-state index >= 15 is 0 Å². The van der Waals surface area contributed by atoms with E-state index in [9.17, 15) is 0 Å². The Balaban J connectivity index is 0.951. The van der Waals surface area contributed by atoms with Gasteiger partial charge in [-0.25, -0.2) is 29.9 Å². The van der Waals surface area contributed by atoms with Crippen LogP contribution in [0, 0.1) is 0 Å². The number of aromatic nitrogens is 9. The summed E-state index contributed by atoms with van der Waals surface area (Å²) in [4.78, 5) is 33.3. The molecule has 2 aliphatic heterocycles. The van der Waals surface area contributed by atoms with Crippen LogP contribution >= 0.6 is 0 Å². The van der Waals surface area contributed by atoms with E-state index in [1.807, 2.05) is 0 Å². The maximum atomic E-state index is 5.63. The highest BCUT2D eigenvalue weighted by Gasteiger charge is 2.45. The van der Waals surface area contributed by atoms with E-state index in [0.717, 1.165) is 78.7 Å². The molecule has 18 rings (SSSR count). The van der Waals surface area contributed by atoms with Crippen LogP contribution in [0.15, 0.2) is 200 Å². The Morgan fingerprint density at radius 3 is 1.12 bits per heavy atom. The number of allylic oxidation sites excluding steroid dienone is 1. The lowest BCUT2D eigenvalue weighted by Crippen LogP contribution is -2.59. The van der Waals surface area contributed by atoms with Crippen LogP contribution in [0.25, 0.3) is 146 Å². The maximum Gasteiger partial charge on any atom is 0.252 e. The average Bonchev–Trinajstić information content (AvgIpc) is 1.53. The van der Waals surface area contributed by atoms with Crippen molar-refractivity contribution in [1.29, 1.82) is 0 Å². The van der Waals surface area contributed by atoms with Crippen molar-refractivity contribution in [3.63, 3.8) is 0 Å². The van der Waals surface area contributed by atoms with Crippen LogP contribution in [-0.2, 0) is 32.5 Å². The van der Waals surface area contributed by atoms with Crippen molar-refractivity contribution in [2.45, 2.75) is 176 Å². The van der Waals surface area contributed by atoms with Crippen LogP contribution < -0.4 is 16.4 Å². The third-order valence-electron chi connectivity index (χ3n) is 23.4. The molecule has 10 aromatic carbocycles. The van der Waals surface area contributed by atoms with Gasteiger partial charge >= 0.3 is 0 Å². The van der Waals surface area contributed by atoms with E-state index in [0.29, 0.717) is 34.9 Å². The van der Waals surface area contributed by atoms with Crippen molar-refractivity contribution in [3.8, 4) is 85.4 Å². The minimum absolute atomic E-state index is 0.0260. The number of para-hydroxylation sites is 1. The fourth-order valence-corrected chi connectivity index (χ4v) is 17.3. The third-order valence-corrected chi connectivity index (χ3v) is 23.4. The summed E-state index contributed by atoms with van der Waals surface area (Å²) in [6.45, 7) is 43.3. The van der Waals surface area contributed by atoms with Crippen molar-refractivity contribution < 1.29 is 0 Å². The zero-order valence-electron chi connectivity index (χ0n) is 65.5. The van der Waals surface area contributed by atoms with Crippen molar-refractivity contribution in [3.05, 3.63) is 245 Å². The molecule has 5 aromatic heterocycles. The molecule has 15 aromatic rings. The first kappa shape index (κ1) is 68.0. The molecule has 0 saturated heterocycles. The fraction of sp³-hybridized carbons (Fsp3) is 0.278. The normalized spacial score (nSPS) is 14.5. The molecule has 0 fully saturated rings. The van der Waals surface area contributed by atoms with E-state index in [4.69, 9.17) is 29.9 Å². The maximum absolute atomic E-state index is 5.63. The van der Waals surface area contributed by atoms with Gasteiger partial charge < -0.3 is 13.7 Å². The SMILES string of the molecule is C[C@@H]1CC=Cc2c1c1c(-c3nc(-c4ccc(C(C)(C)C)cc4)nc(-c4ccc(C(C)(C)C)cc4)n3)ccc3c1n2-c1ccc(-n2c4ccc(C(C)(C)C)cc4c4cc(C(C)(C)C)ccc42)c2c1B3c1ccc(-c3nc(-c4ccc(C(C)(C)C)cc4)nc(-c4ccc(C(C)(C)C)cc4)n3)c3c4ccccc4n-2c13. The summed E-state index contributed by atoms with van der Waals surface area (Å²) in [6.07, 6.45) is 5.68. The standard InChI is InChI=1S/C97H94BN9/c1-55-23-22-26-76-79(55)81-68(91-103-88(58-31-39-62(40-32-58)94(8,9)10)100-89(104-91)59-33-41-63(42-34-59)95(11,12)13)46-48-72-84(81)106(76)77-51-52-78(105-74-49-43-64(96(14,15)16)53-69(74)70-54-65(97(17,18)19)44-50-75(70)105)85-82(77)98(72)71-47-45-67(80-66-24-20-21-25-73(66)107(85)83(71)80)90-101-86(56-27-35-60(36-28-56)92(2,3)4)99-87(102-90)57-29-37-61(38-30-57)93(5,6)7/h20-22,24-55H,23H2,1-19H3/t55-/m1/s1. The quantitative estimate of drug-likeness (QED) is 0.148. The lowest BCUT2D eigenvalue weighted by atomic mass is 9.34.